The van der Waals surface area contributed by atoms with Crippen molar-refractivity contribution in [3.05, 3.63) is 59.6 Å². The summed E-state index contributed by atoms with van der Waals surface area (Å²) in [6, 6.07) is 16.5. The first-order valence-electron chi connectivity index (χ1n) is 6.89. The van der Waals surface area contributed by atoms with Crippen LogP contribution >= 0.6 is 11.6 Å². The molecular weight excluding hydrogens is 298 g/mol. The minimum Gasteiger partial charge on any atom is -0.271 e. The Morgan fingerprint density at radius 1 is 1.18 bits per heavy atom. The molecule has 0 fully saturated rings. The van der Waals surface area contributed by atoms with Crippen LogP contribution in [0.3, 0.4) is 0 Å². The average Bonchev–Trinajstić information content (AvgIpc) is 2.81. The first-order valence-corrected chi connectivity index (χ1v) is 7.27. The number of anilines is 1. The zero-order valence-corrected chi connectivity index (χ0v) is 12.7. The molecule has 1 amide bonds. The Bertz CT molecular complexity index is 756. The summed E-state index contributed by atoms with van der Waals surface area (Å²) >= 11 is 5.93. The molecule has 1 atom stereocenters. The van der Waals surface area contributed by atoms with Gasteiger partial charge in [-0.2, -0.15) is 10.1 Å². The Balaban J connectivity index is 1.82. The monoisotopic (exact) mass is 311 g/mol. The fraction of sp³-hybridized carbons (Fsp3) is 0.118. The summed E-state index contributed by atoms with van der Waals surface area (Å²) in [7, 11) is 0. The van der Waals surface area contributed by atoms with E-state index in [4.69, 9.17) is 11.6 Å². The minimum atomic E-state index is -0.445. The molecule has 0 unspecified atom stereocenters. The molecule has 1 aliphatic rings. The lowest BCUT2D eigenvalue weighted by molar-refractivity contribution is -0.118. The van der Waals surface area contributed by atoms with Crippen molar-refractivity contribution in [1.29, 1.82) is 0 Å². The topological polar surface area (TPSA) is 45.0 Å². The van der Waals surface area contributed by atoms with E-state index in [1.54, 1.807) is 18.3 Å². The molecule has 1 heterocycles. The maximum Gasteiger partial charge on any atom is 0.261 e. The third-order valence-electron chi connectivity index (χ3n) is 3.36. The largest absolute Gasteiger partial charge is 0.271 e. The number of benzene rings is 2. The van der Waals surface area contributed by atoms with Crippen molar-refractivity contribution in [3.8, 4) is 0 Å². The number of nitrogens with zero attached hydrogens (tertiary/aromatic N) is 3. The molecule has 0 bridgehead atoms. The smallest absolute Gasteiger partial charge is 0.261 e. The average molecular weight is 312 g/mol. The highest BCUT2D eigenvalue weighted by molar-refractivity contribution is 6.30. The predicted molar refractivity (Wildman–Crippen MR) is 90.1 cm³/mol. The Morgan fingerprint density at radius 3 is 2.68 bits per heavy atom. The van der Waals surface area contributed by atoms with E-state index >= 15 is 0 Å². The molecule has 0 radical (unpaired) electrons. The number of carbonyl (C=O) groups is 1. The normalized spacial score (nSPS) is 18.1. The van der Waals surface area contributed by atoms with Crippen molar-refractivity contribution in [2.45, 2.75) is 6.92 Å². The lowest BCUT2D eigenvalue weighted by atomic mass is 10.1. The first kappa shape index (κ1) is 14.5. The van der Waals surface area contributed by atoms with Crippen molar-refractivity contribution in [3.63, 3.8) is 0 Å². The number of rotatable bonds is 3. The molecule has 0 saturated carbocycles. The van der Waals surface area contributed by atoms with Crippen LogP contribution in [0, 0.1) is 5.92 Å². The zero-order chi connectivity index (χ0) is 15.5. The lowest BCUT2D eigenvalue weighted by Crippen LogP contribution is -2.27. The molecule has 0 N–H and O–H groups in total. The van der Waals surface area contributed by atoms with Gasteiger partial charge in [-0.15, -0.1) is 0 Å². The molecule has 5 heteroatoms. The Labute approximate surface area is 133 Å². The molecule has 0 aliphatic carbocycles. The van der Waals surface area contributed by atoms with Gasteiger partial charge in [0.2, 0.25) is 0 Å². The highest BCUT2D eigenvalue weighted by atomic mass is 35.5. The molecule has 0 saturated heterocycles. The lowest BCUT2D eigenvalue weighted by Gasteiger charge is -2.12. The summed E-state index contributed by atoms with van der Waals surface area (Å²) in [6.45, 7) is 1.83. The van der Waals surface area contributed by atoms with E-state index in [-0.39, 0.29) is 5.91 Å². The van der Waals surface area contributed by atoms with E-state index in [1.165, 1.54) is 5.01 Å². The van der Waals surface area contributed by atoms with Gasteiger partial charge in [0.15, 0.2) is 0 Å². The van der Waals surface area contributed by atoms with Crippen LogP contribution in [-0.4, -0.2) is 17.8 Å². The highest BCUT2D eigenvalue weighted by Crippen LogP contribution is 2.24. The van der Waals surface area contributed by atoms with E-state index < -0.39 is 5.92 Å². The summed E-state index contributed by atoms with van der Waals surface area (Å²) in [4.78, 5) is 16.8. The summed E-state index contributed by atoms with van der Waals surface area (Å²) in [5, 5.41) is 6.37. The van der Waals surface area contributed by atoms with Crippen molar-refractivity contribution >= 4 is 40.8 Å². The third kappa shape index (κ3) is 2.92. The zero-order valence-electron chi connectivity index (χ0n) is 12.0. The highest BCUT2D eigenvalue weighted by Gasteiger charge is 2.33. The van der Waals surface area contributed by atoms with Crippen LogP contribution < -0.4 is 5.01 Å². The molecule has 2 aromatic rings. The van der Waals surface area contributed by atoms with E-state index in [1.807, 2.05) is 49.4 Å². The standard InChI is InChI=1S/C17H14ClN3O/c1-12-16(11-19-14-7-5-6-13(18)10-14)17(22)21(20-12)15-8-3-2-4-9-15/h2-11,16H,1H3/t16-/m0/s1. The second kappa shape index (κ2) is 6.12. The molecule has 2 aromatic carbocycles. The Kier molecular flexibility index (Phi) is 4.02. The molecule has 22 heavy (non-hydrogen) atoms. The number of carbonyl (C=O) groups excluding carboxylic acids is 1. The molecule has 0 aromatic heterocycles. The Morgan fingerprint density at radius 2 is 1.95 bits per heavy atom. The van der Waals surface area contributed by atoms with E-state index in [0.717, 1.165) is 11.4 Å². The number of hydrazone groups is 1. The maximum absolute atomic E-state index is 12.5. The van der Waals surface area contributed by atoms with Crippen LogP contribution in [0.1, 0.15) is 6.92 Å². The molecule has 1 aliphatic heterocycles. The summed E-state index contributed by atoms with van der Waals surface area (Å²) < 4.78 is 0. The Hall–Kier alpha value is -2.46. The summed E-state index contributed by atoms with van der Waals surface area (Å²) in [5.41, 5.74) is 2.19. The molecule has 3 rings (SSSR count). The minimum absolute atomic E-state index is 0.102. The number of hydrogen-bond donors (Lipinski definition) is 0. The van der Waals surface area contributed by atoms with E-state index in [0.29, 0.717) is 10.7 Å². The van der Waals surface area contributed by atoms with Crippen molar-refractivity contribution in [1.82, 2.24) is 0 Å². The van der Waals surface area contributed by atoms with Gasteiger partial charge in [-0.05, 0) is 37.3 Å². The quantitative estimate of drug-likeness (QED) is 0.788. The van der Waals surface area contributed by atoms with Gasteiger partial charge in [-0.1, -0.05) is 35.9 Å². The molecular formula is C17H14ClN3O. The van der Waals surface area contributed by atoms with Gasteiger partial charge in [0.1, 0.15) is 5.92 Å². The van der Waals surface area contributed by atoms with Crippen LogP contribution in [0.25, 0.3) is 0 Å². The van der Waals surface area contributed by atoms with Crippen molar-refractivity contribution in [2.24, 2.45) is 16.0 Å². The number of aliphatic imine (C=N–C) groups is 1. The number of para-hydroxylation sites is 1. The SMILES string of the molecule is CC1=NN(c2ccccc2)C(=O)[C@H]1C=Nc1cccc(Cl)c1. The maximum atomic E-state index is 12.5. The van der Waals surface area contributed by atoms with Gasteiger partial charge < -0.3 is 0 Å². The molecule has 0 spiro atoms. The van der Waals surface area contributed by atoms with Crippen LogP contribution in [0.15, 0.2) is 64.7 Å². The van der Waals surface area contributed by atoms with Gasteiger partial charge in [-0.25, -0.2) is 0 Å². The van der Waals surface area contributed by atoms with Gasteiger partial charge in [0.25, 0.3) is 5.91 Å². The van der Waals surface area contributed by atoms with Crippen LogP contribution in [0.4, 0.5) is 11.4 Å². The second-order valence-electron chi connectivity index (χ2n) is 4.96. The number of amides is 1. The van der Waals surface area contributed by atoms with Crippen LogP contribution in [0.2, 0.25) is 5.02 Å². The van der Waals surface area contributed by atoms with Crippen molar-refractivity contribution in [2.75, 3.05) is 5.01 Å². The summed E-state index contributed by atoms with van der Waals surface area (Å²) in [6.07, 6.45) is 1.62. The fourth-order valence-corrected chi connectivity index (χ4v) is 2.41. The molecule has 4 nitrogen and oxygen atoms in total. The van der Waals surface area contributed by atoms with Gasteiger partial charge >= 0.3 is 0 Å². The fourth-order valence-electron chi connectivity index (χ4n) is 2.22. The van der Waals surface area contributed by atoms with E-state index in [9.17, 15) is 4.79 Å². The number of hydrogen-bond acceptors (Lipinski definition) is 3. The van der Waals surface area contributed by atoms with Gasteiger partial charge in [0, 0.05) is 11.2 Å². The predicted octanol–water partition coefficient (Wildman–Crippen LogP) is 4.08. The molecule has 110 valence electrons. The van der Waals surface area contributed by atoms with E-state index in [2.05, 4.69) is 10.1 Å². The van der Waals surface area contributed by atoms with Gasteiger partial charge in [-0.3, -0.25) is 9.79 Å². The number of halogens is 1. The van der Waals surface area contributed by atoms with Crippen molar-refractivity contribution < 1.29 is 4.79 Å². The summed E-state index contributed by atoms with van der Waals surface area (Å²) in [5.74, 6) is -0.548. The van der Waals surface area contributed by atoms with Crippen LogP contribution in [-0.2, 0) is 4.79 Å². The third-order valence-corrected chi connectivity index (χ3v) is 3.60. The first-order chi connectivity index (χ1) is 10.6. The van der Waals surface area contributed by atoms with Gasteiger partial charge in [0.05, 0.1) is 17.1 Å². The second-order valence-corrected chi connectivity index (χ2v) is 5.40. The van der Waals surface area contributed by atoms with Crippen LogP contribution in [0.5, 0.6) is 0 Å².